The first-order valence-corrected chi connectivity index (χ1v) is 8.52. The van der Waals surface area contributed by atoms with E-state index in [1.165, 1.54) is 7.11 Å². The zero-order chi connectivity index (χ0) is 19.8. The van der Waals surface area contributed by atoms with Crippen LogP contribution in [0.4, 0.5) is 5.69 Å². The lowest BCUT2D eigenvalue weighted by Gasteiger charge is -2.23. The molecule has 0 unspecified atom stereocenters. The number of benzene rings is 2. The summed E-state index contributed by atoms with van der Waals surface area (Å²) >= 11 is 0. The topological polar surface area (TPSA) is 79.6 Å². The molecule has 0 heterocycles. The van der Waals surface area contributed by atoms with Gasteiger partial charge in [0.1, 0.15) is 5.75 Å². The highest BCUT2D eigenvalue weighted by Crippen LogP contribution is 2.20. The van der Waals surface area contributed by atoms with Crippen LogP contribution in [0.1, 0.15) is 27.9 Å². The average molecular weight is 366 g/mol. The van der Waals surface area contributed by atoms with Crippen LogP contribution in [0.3, 0.4) is 0 Å². The van der Waals surface area contributed by atoms with Gasteiger partial charge in [-0.05, 0) is 61.4 Å². The summed E-state index contributed by atoms with van der Waals surface area (Å²) in [6, 6.07) is 14.2. The number of hydrogen-bond acceptors (Lipinski definition) is 5. The van der Waals surface area contributed by atoms with Gasteiger partial charge in [-0.2, -0.15) is 5.26 Å². The smallest absolute Gasteiger partial charge is 0.337 e. The number of nitriles is 1. The number of carbonyl (C=O) groups excluding carboxylic acids is 2. The van der Waals surface area contributed by atoms with Crippen molar-refractivity contribution in [3.8, 4) is 11.8 Å². The third kappa shape index (κ3) is 5.32. The Hall–Kier alpha value is -3.33. The highest BCUT2D eigenvalue weighted by atomic mass is 16.5. The molecule has 0 spiro atoms. The molecule has 0 aliphatic rings. The van der Waals surface area contributed by atoms with Gasteiger partial charge in [0, 0.05) is 12.2 Å². The van der Waals surface area contributed by atoms with E-state index in [0.717, 1.165) is 16.8 Å². The Kier molecular flexibility index (Phi) is 6.95. The van der Waals surface area contributed by atoms with Gasteiger partial charge in [-0.25, -0.2) is 4.79 Å². The molecule has 2 aromatic carbocycles. The molecule has 0 N–H and O–H groups in total. The van der Waals surface area contributed by atoms with Gasteiger partial charge in [0.2, 0.25) is 0 Å². The summed E-state index contributed by atoms with van der Waals surface area (Å²) in [6.07, 6.45) is 0.229. The van der Waals surface area contributed by atoms with Gasteiger partial charge in [-0.1, -0.05) is 6.07 Å². The summed E-state index contributed by atoms with van der Waals surface area (Å²) in [7, 11) is 1.31. The maximum Gasteiger partial charge on any atom is 0.337 e. The van der Waals surface area contributed by atoms with E-state index in [4.69, 9.17) is 10.00 Å². The molecule has 27 heavy (non-hydrogen) atoms. The highest BCUT2D eigenvalue weighted by molar-refractivity contribution is 5.94. The van der Waals surface area contributed by atoms with E-state index >= 15 is 0 Å². The van der Waals surface area contributed by atoms with E-state index < -0.39 is 5.97 Å². The monoisotopic (exact) mass is 366 g/mol. The Bertz CT molecular complexity index is 853. The van der Waals surface area contributed by atoms with Gasteiger partial charge < -0.3 is 14.4 Å². The number of hydrogen-bond donors (Lipinski definition) is 0. The van der Waals surface area contributed by atoms with Crippen LogP contribution in [0.15, 0.2) is 42.5 Å². The molecule has 0 saturated heterocycles. The van der Waals surface area contributed by atoms with E-state index in [-0.39, 0.29) is 18.9 Å². The van der Waals surface area contributed by atoms with Crippen LogP contribution >= 0.6 is 0 Å². The molecule has 0 aliphatic heterocycles. The van der Waals surface area contributed by atoms with Gasteiger partial charge in [-0.3, -0.25) is 4.79 Å². The highest BCUT2D eigenvalue weighted by Gasteiger charge is 2.17. The number of ether oxygens (including phenoxy) is 2. The standard InChI is InChI=1S/C21H22N2O4/c1-15-5-8-18(13-16(15)2)23(12-4-11-22)20(24)14-27-19-9-6-17(7-10-19)21(25)26-3/h5-10,13H,4,12,14H2,1-3H3. The second kappa shape index (κ2) is 9.39. The van der Waals surface area contributed by atoms with Crippen LogP contribution in [-0.4, -0.2) is 32.1 Å². The molecule has 0 bridgehead atoms. The molecule has 6 heteroatoms. The molecule has 0 aromatic heterocycles. The minimum Gasteiger partial charge on any atom is -0.484 e. The normalized spacial score (nSPS) is 10.0. The molecule has 140 valence electrons. The first kappa shape index (κ1) is 20.0. The molecule has 0 radical (unpaired) electrons. The maximum atomic E-state index is 12.7. The van der Waals surface area contributed by atoms with Gasteiger partial charge in [0.25, 0.3) is 5.91 Å². The number of amides is 1. The number of carbonyl (C=O) groups is 2. The van der Waals surface area contributed by atoms with Gasteiger partial charge in [0.15, 0.2) is 6.61 Å². The zero-order valence-electron chi connectivity index (χ0n) is 15.7. The van der Waals surface area contributed by atoms with Crippen molar-refractivity contribution in [2.45, 2.75) is 20.3 Å². The predicted molar refractivity (Wildman–Crippen MR) is 102 cm³/mol. The third-order valence-electron chi connectivity index (χ3n) is 4.19. The van der Waals surface area contributed by atoms with Crippen LogP contribution in [0.2, 0.25) is 0 Å². The molecule has 2 aromatic rings. The molecule has 6 nitrogen and oxygen atoms in total. The van der Waals surface area contributed by atoms with Crippen LogP contribution < -0.4 is 9.64 Å². The second-order valence-corrected chi connectivity index (χ2v) is 6.03. The van der Waals surface area contributed by atoms with E-state index in [2.05, 4.69) is 10.8 Å². The van der Waals surface area contributed by atoms with Crippen LogP contribution in [0.25, 0.3) is 0 Å². The van der Waals surface area contributed by atoms with Crippen molar-refractivity contribution in [3.63, 3.8) is 0 Å². The lowest BCUT2D eigenvalue weighted by Crippen LogP contribution is -2.35. The fraction of sp³-hybridized carbons (Fsp3) is 0.286. The second-order valence-electron chi connectivity index (χ2n) is 6.03. The van der Waals surface area contributed by atoms with Crippen molar-refractivity contribution >= 4 is 17.6 Å². The summed E-state index contributed by atoms with van der Waals surface area (Å²) < 4.78 is 10.2. The Morgan fingerprint density at radius 3 is 2.37 bits per heavy atom. The SMILES string of the molecule is COC(=O)c1ccc(OCC(=O)N(CCC#N)c2ccc(C)c(C)c2)cc1. The molecule has 2 rings (SSSR count). The summed E-state index contributed by atoms with van der Waals surface area (Å²) in [6.45, 7) is 4.10. The number of esters is 1. The number of anilines is 1. The number of methoxy groups -OCH3 is 1. The summed E-state index contributed by atoms with van der Waals surface area (Å²) in [4.78, 5) is 25.7. The lowest BCUT2D eigenvalue weighted by atomic mass is 10.1. The molecule has 0 fully saturated rings. The molecule has 0 saturated carbocycles. The molecule has 0 atom stereocenters. The van der Waals surface area contributed by atoms with Crippen molar-refractivity contribution in [2.75, 3.05) is 25.2 Å². The Labute approximate surface area is 158 Å². The van der Waals surface area contributed by atoms with E-state index in [9.17, 15) is 9.59 Å². The first-order valence-electron chi connectivity index (χ1n) is 8.52. The van der Waals surface area contributed by atoms with Crippen molar-refractivity contribution < 1.29 is 19.1 Å². The summed E-state index contributed by atoms with van der Waals surface area (Å²) in [5.74, 6) is -0.211. The van der Waals surface area contributed by atoms with Crippen LogP contribution in [0, 0.1) is 25.2 Å². The first-order chi connectivity index (χ1) is 13.0. The minimum absolute atomic E-state index is 0.171. The van der Waals surface area contributed by atoms with Crippen molar-refractivity contribution in [1.82, 2.24) is 0 Å². The van der Waals surface area contributed by atoms with E-state index in [1.807, 2.05) is 32.0 Å². The average Bonchev–Trinajstić information content (AvgIpc) is 2.69. The van der Waals surface area contributed by atoms with Gasteiger partial charge in [-0.15, -0.1) is 0 Å². The fourth-order valence-corrected chi connectivity index (χ4v) is 2.48. The zero-order valence-corrected chi connectivity index (χ0v) is 15.7. The van der Waals surface area contributed by atoms with Crippen LogP contribution in [0.5, 0.6) is 5.75 Å². The molecule has 0 aliphatic carbocycles. The number of nitrogens with zero attached hydrogens (tertiary/aromatic N) is 2. The van der Waals surface area contributed by atoms with Crippen molar-refractivity contribution in [2.24, 2.45) is 0 Å². The molecular formula is C21H22N2O4. The number of aryl methyl sites for hydroxylation is 2. The Balaban J connectivity index is 2.08. The lowest BCUT2D eigenvalue weighted by molar-refractivity contribution is -0.120. The Morgan fingerprint density at radius 1 is 1.07 bits per heavy atom. The van der Waals surface area contributed by atoms with Gasteiger partial charge in [0.05, 0.1) is 25.2 Å². The Morgan fingerprint density at radius 2 is 1.78 bits per heavy atom. The largest absolute Gasteiger partial charge is 0.484 e. The van der Waals surface area contributed by atoms with Crippen molar-refractivity contribution in [3.05, 3.63) is 59.2 Å². The predicted octanol–water partition coefficient (Wildman–Crippen LogP) is 3.42. The van der Waals surface area contributed by atoms with Crippen molar-refractivity contribution in [1.29, 1.82) is 5.26 Å². The van der Waals surface area contributed by atoms with E-state index in [0.29, 0.717) is 17.9 Å². The fourth-order valence-electron chi connectivity index (χ4n) is 2.48. The number of rotatable bonds is 7. The molecular weight excluding hydrogens is 344 g/mol. The third-order valence-corrected chi connectivity index (χ3v) is 4.19. The van der Waals surface area contributed by atoms with Crippen LogP contribution in [-0.2, 0) is 9.53 Å². The van der Waals surface area contributed by atoms with E-state index in [1.54, 1.807) is 29.2 Å². The summed E-state index contributed by atoms with van der Waals surface area (Å²) in [5.41, 5.74) is 3.35. The minimum atomic E-state index is -0.435. The maximum absolute atomic E-state index is 12.7. The quantitative estimate of drug-likeness (QED) is 0.702. The van der Waals surface area contributed by atoms with Gasteiger partial charge >= 0.3 is 5.97 Å². The summed E-state index contributed by atoms with van der Waals surface area (Å²) in [5, 5.41) is 8.88. The molecule has 1 amide bonds.